The van der Waals surface area contributed by atoms with Gasteiger partial charge in [-0.1, -0.05) is 41.9 Å². The highest BCUT2D eigenvalue weighted by Crippen LogP contribution is 2.39. The summed E-state index contributed by atoms with van der Waals surface area (Å²) in [6.45, 7) is 4.05. The molecule has 0 radical (unpaired) electrons. The van der Waals surface area contributed by atoms with E-state index in [1.807, 2.05) is 38.1 Å². The predicted molar refractivity (Wildman–Crippen MR) is 154 cm³/mol. The van der Waals surface area contributed by atoms with Crippen LogP contribution in [-0.2, 0) is 16.2 Å². The second-order valence-corrected chi connectivity index (χ2v) is 10.6. The van der Waals surface area contributed by atoms with E-state index in [0.717, 1.165) is 27.8 Å². The maximum absolute atomic E-state index is 13.0. The number of benzene rings is 3. The maximum Gasteiger partial charge on any atom is 0.294 e. The van der Waals surface area contributed by atoms with Crippen molar-refractivity contribution in [3.05, 3.63) is 91.8 Å². The smallest absolute Gasteiger partial charge is 0.294 e. The summed E-state index contributed by atoms with van der Waals surface area (Å²) in [7, 11) is 0. The zero-order valence-corrected chi connectivity index (χ0v) is 23.8. The van der Waals surface area contributed by atoms with E-state index in [2.05, 4.69) is 21.2 Å². The molecule has 0 aromatic heterocycles. The summed E-state index contributed by atoms with van der Waals surface area (Å²) in [6.07, 6.45) is 1.60. The predicted octanol–water partition coefficient (Wildman–Crippen LogP) is 7.06. The topological polar surface area (TPSA) is 84.9 Å². The molecule has 1 fully saturated rings. The van der Waals surface area contributed by atoms with Gasteiger partial charge in [-0.2, -0.15) is 0 Å². The van der Waals surface area contributed by atoms with Crippen molar-refractivity contribution >= 4 is 68.1 Å². The molecule has 1 aliphatic rings. The van der Waals surface area contributed by atoms with Crippen LogP contribution in [0.5, 0.6) is 11.5 Å². The zero-order chi connectivity index (χ0) is 27.2. The molecule has 1 aliphatic heterocycles. The van der Waals surface area contributed by atoms with Crippen LogP contribution in [0.2, 0.25) is 5.02 Å². The van der Waals surface area contributed by atoms with Crippen molar-refractivity contribution in [2.24, 2.45) is 0 Å². The molecule has 3 aromatic carbocycles. The summed E-state index contributed by atoms with van der Waals surface area (Å²) in [4.78, 5) is 39.2. The number of halogens is 2. The highest BCUT2D eigenvalue weighted by Gasteiger charge is 2.36. The lowest BCUT2D eigenvalue weighted by molar-refractivity contribution is -0.127. The van der Waals surface area contributed by atoms with Gasteiger partial charge < -0.3 is 14.8 Å². The minimum absolute atomic E-state index is 0.211. The van der Waals surface area contributed by atoms with Gasteiger partial charge in [0.05, 0.1) is 16.0 Å². The molecule has 3 amide bonds. The standard InChI is InChI=1S/C28H24BrClN2O5S/c1-3-36-23-13-19(12-21(29)26(23)37-16-18-8-10-20(30)11-9-18)14-24-27(34)32(28(35)38-24)15-25(33)31-22-7-5-4-6-17(22)2/h4-14H,3,15-16H2,1-2H3,(H,31,33)/b24-14+. The number of rotatable bonds is 9. The number of hydrogen-bond donors (Lipinski definition) is 1. The van der Waals surface area contributed by atoms with E-state index < -0.39 is 17.1 Å². The van der Waals surface area contributed by atoms with Gasteiger partial charge in [-0.05, 0) is 94.6 Å². The molecule has 1 N–H and O–H groups in total. The molecule has 196 valence electrons. The van der Waals surface area contributed by atoms with Gasteiger partial charge in [-0.25, -0.2) is 0 Å². The molecule has 10 heteroatoms. The first-order chi connectivity index (χ1) is 18.2. The van der Waals surface area contributed by atoms with Crippen molar-refractivity contribution in [2.75, 3.05) is 18.5 Å². The molecule has 4 rings (SSSR count). The van der Waals surface area contributed by atoms with Crippen LogP contribution >= 0.6 is 39.3 Å². The van der Waals surface area contributed by atoms with Crippen molar-refractivity contribution in [2.45, 2.75) is 20.5 Å². The molecule has 0 spiro atoms. The highest BCUT2D eigenvalue weighted by molar-refractivity contribution is 9.10. The Labute approximate surface area is 238 Å². The lowest BCUT2D eigenvalue weighted by atomic mass is 10.1. The molecular weight excluding hydrogens is 592 g/mol. The molecule has 0 saturated carbocycles. The van der Waals surface area contributed by atoms with Crippen LogP contribution in [0, 0.1) is 6.92 Å². The van der Waals surface area contributed by atoms with Crippen LogP contribution < -0.4 is 14.8 Å². The Bertz CT molecular complexity index is 1410. The fraction of sp³-hybridized carbons (Fsp3) is 0.179. The SMILES string of the molecule is CCOc1cc(/C=C2/SC(=O)N(CC(=O)Nc3ccccc3C)C2=O)cc(Br)c1OCc1ccc(Cl)cc1. The summed E-state index contributed by atoms with van der Waals surface area (Å²) in [5.41, 5.74) is 3.08. The van der Waals surface area contributed by atoms with Gasteiger partial charge in [0.15, 0.2) is 11.5 Å². The summed E-state index contributed by atoms with van der Waals surface area (Å²) >= 11 is 10.3. The molecule has 1 saturated heterocycles. The van der Waals surface area contributed by atoms with Crippen LogP contribution in [0.1, 0.15) is 23.6 Å². The second-order valence-electron chi connectivity index (χ2n) is 8.31. The summed E-state index contributed by atoms with van der Waals surface area (Å²) in [6, 6.07) is 18.1. The highest BCUT2D eigenvalue weighted by atomic mass is 79.9. The van der Waals surface area contributed by atoms with E-state index in [4.69, 9.17) is 21.1 Å². The maximum atomic E-state index is 13.0. The first kappa shape index (κ1) is 27.8. The van der Waals surface area contributed by atoms with E-state index in [1.165, 1.54) is 0 Å². The number of aryl methyl sites for hydroxylation is 1. The Balaban J connectivity index is 1.49. The molecule has 0 unspecified atom stereocenters. The van der Waals surface area contributed by atoms with Crippen LogP contribution in [0.25, 0.3) is 6.08 Å². The Morgan fingerprint density at radius 2 is 1.84 bits per heavy atom. The summed E-state index contributed by atoms with van der Waals surface area (Å²) < 4.78 is 12.4. The van der Waals surface area contributed by atoms with E-state index in [9.17, 15) is 14.4 Å². The average molecular weight is 616 g/mol. The van der Waals surface area contributed by atoms with Crippen molar-refractivity contribution in [3.8, 4) is 11.5 Å². The van der Waals surface area contributed by atoms with Crippen molar-refractivity contribution in [3.63, 3.8) is 0 Å². The third kappa shape index (κ3) is 6.78. The molecular formula is C28H24BrClN2O5S. The van der Waals surface area contributed by atoms with Crippen LogP contribution in [-0.4, -0.2) is 35.1 Å². The van der Waals surface area contributed by atoms with Gasteiger partial charge in [0.25, 0.3) is 11.1 Å². The number of ether oxygens (including phenoxy) is 2. The third-order valence-corrected chi connectivity index (χ3v) is 7.27. The minimum Gasteiger partial charge on any atom is -0.490 e. The number of nitrogens with zero attached hydrogens (tertiary/aromatic N) is 1. The number of carbonyl (C=O) groups excluding carboxylic acids is 3. The molecule has 38 heavy (non-hydrogen) atoms. The fourth-order valence-corrected chi connectivity index (χ4v) is 5.18. The Kier molecular flexibility index (Phi) is 9.14. The minimum atomic E-state index is -0.530. The average Bonchev–Trinajstić information content (AvgIpc) is 3.13. The van der Waals surface area contributed by atoms with Gasteiger partial charge in [-0.3, -0.25) is 19.3 Å². The number of thioether (sulfide) groups is 1. The van der Waals surface area contributed by atoms with E-state index >= 15 is 0 Å². The molecule has 0 atom stereocenters. The largest absolute Gasteiger partial charge is 0.490 e. The van der Waals surface area contributed by atoms with Gasteiger partial charge in [0.1, 0.15) is 13.2 Å². The number of nitrogens with one attached hydrogen (secondary N) is 1. The van der Waals surface area contributed by atoms with Crippen molar-refractivity contribution in [1.29, 1.82) is 0 Å². The van der Waals surface area contributed by atoms with Crippen molar-refractivity contribution < 1.29 is 23.9 Å². The zero-order valence-electron chi connectivity index (χ0n) is 20.6. The second kappa shape index (κ2) is 12.5. The van der Waals surface area contributed by atoms with Gasteiger partial charge in [0, 0.05) is 10.7 Å². The first-order valence-electron chi connectivity index (χ1n) is 11.7. The molecule has 3 aromatic rings. The van der Waals surface area contributed by atoms with Crippen LogP contribution in [0.3, 0.4) is 0 Å². The molecule has 1 heterocycles. The normalized spacial score (nSPS) is 14.2. The number of hydrogen-bond acceptors (Lipinski definition) is 6. The summed E-state index contributed by atoms with van der Waals surface area (Å²) in [5, 5.41) is 2.89. The Hall–Kier alpha value is -3.27. The van der Waals surface area contributed by atoms with Gasteiger partial charge >= 0.3 is 0 Å². The summed E-state index contributed by atoms with van der Waals surface area (Å²) in [5.74, 6) is 0.0161. The fourth-order valence-electron chi connectivity index (χ4n) is 3.64. The number of amides is 3. The Morgan fingerprint density at radius 1 is 1.11 bits per heavy atom. The van der Waals surface area contributed by atoms with Crippen molar-refractivity contribution in [1.82, 2.24) is 4.90 Å². The number of para-hydroxylation sites is 1. The number of carbonyl (C=O) groups is 3. The van der Waals surface area contributed by atoms with Crippen LogP contribution in [0.15, 0.2) is 70.0 Å². The molecule has 0 bridgehead atoms. The molecule has 7 nitrogen and oxygen atoms in total. The van der Waals surface area contributed by atoms with E-state index in [-0.39, 0.29) is 11.4 Å². The van der Waals surface area contributed by atoms with Gasteiger partial charge in [0.2, 0.25) is 5.91 Å². The monoisotopic (exact) mass is 614 g/mol. The number of anilines is 1. The number of imide groups is 1. The third-order valence-electron chi connectivity index (χ3n) is 5.52. The van der Waals surface area contributed by atoms with E-state index in [0.29, 0.717) is 45.5 Å². The van der Waals surface area contributed by atoms with E-state index in [1.54, 1.807) is 42.5 Å². The molecule has 0 aliphatic carbocycles. The van der Waals surface area contributed by atoms with Crippen LogP contribution in [0.4, 0.5) is 10.5 Å². The lowest BCUT2D eigenvalue weighted by Crippen LogP contribution is -2.36. The van der Waals surface area contributed by atoms with Gasteiger partial charge in [-0.15, -0.1) is 0 Å². The Morgan fingerprint density at radius 3 is 2.55 bits per heavy atom. The lowest BCUT2D eigenvalue weighted by Gasteiger charge is -2.15. The first-order valence-corrected chi connectivity index (χ1v) is 13.7. The quantitative estimate of drug-likeness (QED) is 0.259.